The molecule has 0 saturated heterocycles. The lowest BCUT2D eigenvalue weighted by Crippen LogP contribution is -2.37. The van der Waals surface area contributed by atoms with E-state index in [1.165, 1.54) is 6.42 Å². The van der Waals surface area contributed by atoms with E-state index in [0.717, 1.165) is 36.1 Å². The predicted octanol–water partition coefficient (Wildman–Crippen LogP) is 3.81. The topological polar surface area (TPSA) is 36.4 Å². The van der Waals surface area contributed by atoms with Gasteiger partial charge in [0.1, 0.15) is 0 Å². The maximum Gasteiger partial charge on any atom is 0.191 e. The van der Waals surface area contributed by atoms with Crippen molar-refractivity contribution in [2.45, 2.75) is 33.2 Å². The second-order valence-corrected chi connectivity index (χ2v) is 4.54. The van der Waals surface area contributed by atoms with Crippen molar-refractivity contribution in [2.75, 3.05) is 13.1 Å². The summed E-state index contributed by atoms with van der Waals surface area (Å²) < 4.78 is 0. The minimum atomic E-state index is 0. The van der Waals surface area contributed by atoms with Gasteiger partial charge >= 0.3 is 0 Å². The maximum atomic E-state index is 5.85. The summed E-state index contributed by atoms with van der Waals surface area (Å²) in [4.78, 5) is 4.54. The van der Waals surface area contributed by atoms with Crippen LogP contribution in [0, 0.1) is 0 Å². The van der Waals surface area contributed by atoms with Crippen molar-refractivity contribution < 1.29 is 0 Å². The Morgan fingerprint density at radius 2 is 1.84 bits per heavy atom. The van der Waals surface area contributed by atoms with E-state index in [-0.39, 0.29) is 24.0 Å². The van der Waals surface area contributed by atoms with Crippen molar-refractivity contribution in [3.05, 3.63) is 34.9 Å². The fraction of sp³-hybridized carbons (Fsp3) is 0.500. The minimum absolute atomic E-state index is 0. The Balaban J connectivity index is 0.00000324. The lowest BCUT2D eigenvalue weighted by atomic mass is 10.2. The van der Waals surface area contributed by atoms with Gasteiger partial charge < -0.3 is 10.6 Å². The third-order valence-corrected chi connectivity index (χ3v) is 2.75. The number of guanidine groups is 1. The molecule has 0 spiro atoms. The molecule has 0 heterocycles. The summed E-state index contributed by atoms with van der Waals surface area (Å²) in [5, 5.41) is 7.31. The van der Waals surface area contributed by atoms with Crippen molar-refractivity contribution in [3.63, 3.8) is 0 Å². The van der Waals surface area contributed by atoms with Crippen molar-refractivity contribution >= 4 is 41.5 Å². The molecule has 0 aliphatic rings. The first-order valence-corrected chi connectivity index (χ1v) is 6.90. The lowest BCUT2D eigenvalue weighted by Gasteiger charge is -2.10. The predicted molar refractivity (Wildman–Crippen MR) is 94.6 cm³/mol. The van der Waals surface area contributed by atoms with E-state index in [0.29, 0.717) is 6.54 Å². The number of nitrogens with one attached hydrogen (secondary N) is 2. The number of unbranched alkanes of at least 4 members (excludes halogenated alkanes) is 1. The van der Waals surface area contributed by atoms with Crippen LogP contribution in [-0.2, 0) is 6.54 Å². The fourth-order valence-corrected chi connectivity index (χ4v) is 1.61. The van der Waals surface area contributed by atoms with Gasteiger partial charge in [-0.2, -0.15) is 0 Å². The number of aliphatic imine (C=N–C) groups is 1. The van der Waals surface area contributed by atoms with E-state index in [1.54, 1.807) is 0 Å². The second kappa shape index (κ2) is 11.3. The minimum Gasteiger partial charge on any atom is -0.357 e. The van der Waals surface area contributed by atoms with Crippen LogP contribution in [0.4, 0.5) is 0 Å². The Morgan fingerprint density at radius 3 is 2.42 bits per heavy atom. The van der Waals surface area contributed by atoms with Gasteiger partial charge in [-0.1, -0.05) is 37.1 Å². The summed E-state index contributed by atoms with van der Waals surface area (Å²) in [6.45, 7) is 6.75. The summed E-state index contributed by atoms with van der Waals surface area (Å²) >= 11 is 5.85. The Kier molecular flexibility index (Phi) is 11.1. The summed E-state index contributed by atoms with van der Waals surface area (Å²) in [6, 6.07) is 7.79. The van der Waals surface area contributed by atoms with E-state index in [4.69, 9.17) is 11.6 Å². The Labute approximate surface area is 138 Å². The number of halogens is 2. The van der Waals surface area contributed by atoms with Crippen molar-refractivity contribution in [3.8, 4) is 0 Å². The van der Waals surface area contributed by atoms with Crippen LogP contribution in [0.5, 0.6) is 0 Å². The SMILES string of the molecule is CCCCNC(=NCc1ccc(Cl)cc1)NCC.I. The van der Waals surface area contributed by atoms with Gasteiger partial charge in [-0.15, -0.1) is 24.0 Å². The van der Waals surface area contributed by atoms with Crippen LogP contribution in [0.1, 0.15) is 32.3 Å². The molecule has 0 atom stereocenters. The molecule has 2 N–H and O–H groups in total. The molecule has 0 aliphatic heterocycles. The molecule has 0 radical (unpaired) electrons. The molecule has 0 fully saturated rings. The van der Waals surface area contributed by atoms with Crippen molar-refractivity contribution in [2.24, 2.45) is 4.99 Å². The number of benzene rings is 1. The zero-order chi connectivity index (χ0) is 13.2. The van der Waals surface area contributed by atoms with Crippen LogP contribution in [0.3, 0.4) is 0 Å². The molecule has 0 aromatic heterocycles. The summed E-state index contributed by atoms with van der Waals surface area (Å²) in [7, 11) is 0. The van der Waals surface area contributed by atoms with E-state index < -0.39 is 0 Å². The summed E-state index contributed by atoms with van der Waals surface area (Å²) in [6.07, 6.45) is 2.34. The number of hydrogen-bond donors (Lipinski definition) is 2. The van der Waals surface area contributed by atoms with E-state index in [1.807, 2.05) is 24.3 Å². The zero-order valence-electron chi connectivity index (χ0n) is 11.6. The molecule has 0 saturated carbocycles. The third kappa shape index (κ3) is 8.31. The first-order valence-electron chi connectivity index (χ1n) is 6.53. The van der Waals surface area contributed by atoms with Gasteiger partial charge in [-0.05, 0) is 31.0 Å². The molecule has 1 aromatic carbocycles. The molecule has 5 heteroatoms. The zero-order valence-corrected chi connectivity index (χ0v) is 14.7. The Hall–Kier alpha value is -0.490. The number of hydrogen-bond acceptors (Lipinski definition) is 1. The van der Waals surface area contributed by atoms with Crippen LogP contribution < -0.4 is 10.6 Å². The highest BCUT2D eigenvalue weighted by atomic mass is 127. The molecule has 0 unspecified atom stereocenters. The standard InChI is InChI=1S/C14H22ClN3.HI/c1-3-5-10-17-14(16-4-2)18-11-12-6-8-13(15)9-7-12;/h6-9H,3-5,10-11H2,1-2H3,(H2,16,17,18);1H. The highest BCUT2D eigenvalue weighted by Gasteiger charge is 1.96. The maximum absolute atomic E-state index is 5.85. The largest absolute Gasteiger partial charge is 0.357 e. The Morgan fingerprint density at radius 1 is 1.16 bits per heavy atom. The number of rotatable bonds is 6. The van der Waals surface area contributed by atoms with Crippen molar-refractivity contribution in [1.82, 2.24) is 10.6 Å². The summed E-state index contributed by atoms with van der Waals surface area (Å²) in [5.74, 6) is 0.876. The van der Waals surface area contributed by atoms with Gasteiger partial charge in [-0.3, -0.25) is 0 Å². The normalized spacial score (nSPS) is 10.8. The highest BCUT2D eigenvalue weighted by molar-refractivity contribution is 14.0. The Bertz CT molecular complexity index is 365. The van der Waals surface area contributed by atoms with Gasteiger partial charge in [-0.25, -0.2) is 4.99 Å². The van der Waals surface area contributed by atoms with Crippen LogP contribution in [0.15, 0.2) is 29.3 Å². The second-order valence-electron chi connectivity index (χ2n) is 4.10. The molecule has 108 valence electrons. The van der Waals surface area contributed by atoms with Crippen LogP contribution >= 0.6 is 35.6 Å². The van der Waals surface area contributed by atoms with E-state index >= 15 is 0 Å². The van der Waals surface area contributed by atoms with Crippen molar-refractivity contribution in [1.29, 1.82) is 0 Å². The van der Waals surface area contributed by atoms with Gasteiger partial charge in [0.25, 0.3) is 0 Å². The van der Waals surface area contributed by atoms with E-state index in [9.17, 15) is 0 Å². The van der Waals surface area contributed by atoms with Gasteiger partial charge in [0, 0.05) is 18.1 Å². The molecule has 1 rings (SSSR count). The molecule has 0 amide bonds. The molecule has 3 nitrogen and oxygen atoms in total. The molecule has 19 heavy (non-hydrogen) atoms. The molecular formula is C14H23ClIN3. The first-order chi connectivity index (χ1) is 8.76. The monoisotopic (exact) mass is 395 g/mol. The van der Waals surface area contributed by atoms with Gasteiger partial charge in [0.15, 0.2) is 5.96 Å². The highest BCUT2D eigenvalue weighted by Crippen LogP contribution is 2.09. The quantitative estimate of drug-likeness (QED) is 0.332. The lowest BCUT2D eigenvalue weighted by molar-refractivity contribution is 0.730. The molecule has 0 bridgehead atoms. The van der Waals surface area contributed by atoms with E-state index in [2.05, 4.69) is 29.5 Å². The first kappa shape index (κ1) is 18.5. The van der Waals surface area contributed by atoms with Crippen LogP contribution in [0.25, 0.3) is 0 Å². The molecule has 1 aromatic rings. The summed E-state index contributed by atoms with van der Waals surface area (Å²) in [5.41, 5.74) is 1.16. The molecule has 0 aliphatic carbocycles. The van der Waals surface area contributed by atoms with Gasteiger partial charge in [0.05, 0.1) is 6.54 Å². The average molecular weight is 396 g/mol. The van der Waals surface area contributed by atoms with Crippen LogP contribution in [0.2, 0.25) is 5.02 Å². The molecular weight excluding hydrogens is 373 g/mol. The smallest absolute Gasteiger partial charge is 0.191 e. The fourth-order valence-electron chi connectivity index (χ4n) is 1.49. The van der Waals surface area contributed by atoms with Gasteiger partial charge in [0.2, 0.25) is 0 Å². The number of nitrogens with zero attached hydrogens (tertiary/aromatic N) is 1. The van der Waals surface area contributed by atoms with Crippen LogP contribution in [-0.4, -0.2) is 19.0 Å². The average Bonchev–Trinajstić information content (AvgIpc) is 2.38. The third-order valence-electron chi connectivity index (χ3n) is 2.50.